The summed E-state index contributed by atoms with van der Waals surface area (Å²) in [5.41, 5.74) is -0.406. The second kappa shape index (κ2) is 9.53. The van der Waals surface area contributed by atoms with Gasteiger partial charge in [-0.1, -0.05) is 32.4 Å². The van der Waals surface area contributed by atoms with Crippen LogP contribution in [0.2, 0.25) is 0 Å². The molecule has 8 heteroatoms. The lowest BCUT2D eigenvalue weighted by Gasteiger charge is -2.28. The molecule has 0 atom stereocenters. The molecule has 0 amide bonds. The van der Waals surface area contributed by atoms with Crippen LogP contribution in [-0.2, 0) is 6.18 Å². The molecule has 0 saturated heterocycles. The number of anilines is 2. The Hall–Kier alpha value is -2.51. The fraction of sp³-hybridized carbons (Fsp3) is 0.545. The van der Waals surface area contributed by atoms with Crippen molar-refractivity contribution >= 4 is 11.5 Å². The monoisotopic (exact) mass is 423 g/mol. The summed E-state index contributed by atoms with van der Waals surface area (Å²) in [5, 5.41) is 0. The second-order valence-electron chi connectivity index (χ2n) is 8.00. The molecule has 0 radical (unpaired) electrons. The molecule has 1 fully saturated rings. The Balaban J connectivity index is 1.94. The molecule has 0 bridgehead atoms. The number of alkyl halides is 3. The van der Waals surface area contributed by atoms with Crippen molar-refractivity contribution in [1.82, 2.24) is 9.97 Å². The zero-order valence-electron chi connectivity index (χ0n) is 17.6. The molecule has 1 aromatic carbocycles. The van der Waals surface area contributed by atoms with Gasteiger partial charge in [-0.15, -0.1) is 0 Å². The molecular weight excluding hydrogens is 395 g/mol. The van der Waals surface area contributed by atoms with Gasteiger partial charge >= 0.3 is 12.2 Å². The van der Waals surface area contributed by atoms with Crippen LogP contribution < -0.4 is 14.4 Å². The summed E-state index contributed by atoms with van der Waals surface area (Å²) in [5.74, 6) is 0.473. The maximum absolute atomic E-state index is 13.7. The lowest BCUT2D eigenvalue weighted by Crippen LogP contribution is -2.23. The Morgan fingerprint density at radius 1 is 1.13 bits per heavy atom. The van der Waals surface area contributed by atoms with Crippen LogP contribution in [0.25, 0.3) is 0 Å². The van der Waals surface area contributed by atoms with Crippen LogP contribution in [0.5, 0.6) is 11.8 Å². The number of hydrogen-bond acceptors (Lipinski definition) is 5. The third-order valence-electron chi connectivity index (χ3n) is 4.99. The molecule has 1 aromatic heterocycles. The molecule has 30 heavy (non-hydrogen) atoms. The summed E-state index contributed by atoms with van der Waals surface area (Å²) in [4.78, 5) is 9.24. The normalized spacial score (nSPS) is 15.3. The van der Waals surface area contributed by atoms with Crippen LogP contribution in [0.4, 0.5) is 24.7 Å². The number of ether oxygens (including phenoxy) is 2. The van der Waals surface area contributed by atoms with E-state index in [1.165, 1.54) is 11.3 Å². The van der Waals surface area contributed by atoms with Crippen molar-refractivity contribution in [1.29, 1.82) is 0 Å². The van der Waals surface area contributed by atoms with Crippen molar-refractivity contribution in [2.75, 3.05) is 18.6 Å². The number of para-hydroxylation sites is 2. The fourth-order valence-electron chi connectivity index (χ4n) is 3.43. The van der Waals surface area contributed by atoms with E-state index >= 15 is 0 Å². The van der Waals surface area contributed by atoms with Gasteiger partial charge in [0.2, 0.25) is 0 Å². The number of benzene rings is 1. The molecule has 5 nitrogen and oxygen atoms in total. The van der Waals surface area contributed by atoms with Gasteiger partial charge in [0.25, 0.3) is 0 Å². The van der Waals surface area contributed by atoms with Gasteiger partial charge < -0.3 is 14.4 Å². The first-order valence-electron chi connectivity index (χ1n) is 10.3. The highest BCUT2D eigenvalue weighted by Gasteiger charge is 2.37. The zero-order valence-corrected chi connectivity index (χ0v) is 17.6. The van der Waals surface area contributed by atoms with E-state index in [0.717, 1.165) is 31.9 Å². The molecule has 0 N–H and O–H groups in total. The van der Waals surface area contributed by atoms with Crippen LogP contribution >= 0.6 is 0 Å². The van der Waals surface area contributed by atoms with E-state index in [2.05, 4.69) is 9.97 Å². The minimum atomic E-state index is -4.60. The predicted octanol–water partition coefficient (Wildman–Crippen LogP) is 6.01. The maximum Gasteiger partial charge on any atom is 0.421 e. The fourth-order valence-corrected chi connectivity index (χ4v) is 3.43. The number of halogens is 3. The molecule has 1 heterocycles. The molecule has 1 saturated carbocycles. The summed E-state index contributed by atoms with van der Waals surface area (Å²) in [6.45, 7) is 4.20. The van der Waals surface area contributed by atoms with Crippen molar-refractivity contribution in [3.05, 3.63) is 36.0 Å². The van der Waals surface area contributed by atoms with E-state index in [-0.39, 0.29) is 23.9 Å². The van der Waals surface area contributed by atoms with Gasteiger partial charge in [0.1, 0.15) is 11.3 Å². The number of hydrogen-bond donors (Lipinski definition) is 0. The SMILES string of the molecule is CC(C)COc1ncc(C(F)(F)F)c(N(C)c2ccccc2OC2CCCCC2)n1. The average molecular weight is 423 g/mol. The van der Waals surface area contributed by atoms with Gasteiger partial charge in [-0.2, -0.15) is 18.2 Å². The van der Waals surface area contributed by atoms with E-state index in [1.807, 2.05) is 19.9 Å². The molecule has 0 spiro atoms. The molecule has 164 valence electrons. The second-order valence-corrected chi connectivity index (χ2v) is 8.00. The van der Waals surface area contributed by atoms with Crippen LogP contribution in [0, 0.1) is 5.92 Å². The molecular formula is C22H28F3N3O2. The molecule has 1 aliphatic rings. The molecule has 2 aromatic rings. The smallest absolute Gasteiger partial charge is 0.421 e. The van der Waals surface area contributed by atoms with Crippen LogP contribution in [0.3, 0.4) is 0 Å². The average Bonchev–Trinajstić information content (AvgIpc) is 2.72. The summed E-state index contributed by atoms with van der Waals surface area (Å²) in [6, 6.07) is 7.02. The predicted molar refractivity (Wildman–Crippen MR) is 109 cm³/mol. The minimum Gasteiger partial charge on any atom is -0.488 e. The third kappa shape index (κ3) is 5.55. The quantitative estimate of drug-likeness (QED) is 0.546. The summed E-state index contributed by atoms with van der Waals surface area (Å²) in [6.07, 6.45) is 1.55. The standard InChI is InChI=1S/C22H28F3N3O2/c1-15(2)14-29-21-26-13-17(22(23,24)25)20(27-21)28(3)18-11-7-8-12-19(18)30-16-9-5-4-6-10-16/h7-8,11-13,15-16H,4-6,9-10,14H2,1-3H3. The third-order valence-corrected chi connectivity index (χ3v) is 4.99. The number of rotatable bonds is 7. The Bertz CT molecular complexity index is 837. The first-order chi connectivity index (χ1) is 14.3. The van der Waals surface area contributed by atoms with Gasteiger partial charge in [0.05, 0.1) is 18.4 Å². The van der Waals surface area contributed by atoms with Crippen molar-refractivity contribution in [2.45, 2.75) is 58.2 Å². The van der Waals surface area contributed by atoms with Crippen LogP contribution in [-0.4, -0.2) is 29.7 Å². The highest BCUT2D eigenvalue weighted by molar-refractivity contribution is 5.68. The number of nitrogens with zero attached hydrogens (tertiary/aromatic N) is 3. The Morgan fingerprint density at radius 2 is 1.83 bits per heavy atom. The minimum absolute atomic E-state index is 0.0747. The van der Waals surface area contributed by atoms with E-state index in [1.54, 1.807) is 25.2 Å². The first-order valence-corrected chi connectivity index (χ1v) is 10.3. The van der Waals surface area contributed by atoms with Crippen LogP contribution in [0.15, 0.2) is 30.5 Å². The van der Waals surface area contributed by atoms with Gasteiger partial charge in [-0.25, -0.2) is 4.98 Å². The molecule has 3 rings (SSSR count). The summed E-state index contributed by atoms with van der Waals surface area (Å²) >= 11 is 0. The van der Waals surface area contributed by atoms with E-state index in [0.29, 0.717) is 18.0 Å². The Kier molecular flexibility index (Phi) is 7.05. The van der Waals surface area contributed by atoms with Gasteiger partial charge in [-0.05, 0) is 43.7 Å². The maximum atomic E-state index is 13.7. The van der Waals surface area contributed by atoms with Crippen molar-refractivity contribution in [3.8, 4) is 11.8 Å². The highest BCUT2D eigenvalue weighted by atomic mass is 19.4. The Morgan fingerprint density at radius 3 is 2.50 bits per heavy atom. The highest BCUT2D eigenvalue weighted by Crippen LogP contribution is 2.40. The van der Waals surface area contributed by atoms with E-state index < -0.39 is 11.7 Å². The largest absolute Gasteiger partial charge is 0.488 e. The molecule has 1 aliphatic carbocycles. The van der Waals surface area contributed by atoms with Crippen LogP contribution in [0.1, 0.15) is 51.5 Å². The van der Waals surface area contributed by atoms with Crippen molar-refractivity contribution in [3.63, 3.8) is 0 Å². The van der Waals surface area contributed by atoms with Crippen molar-refractivity contribution in [2.24, 2.45) is 5.92 Å². The van der Waals surface area contributed by atoms with Gasteiger partial charge in [0, 0.05) is 13.2 Å². The van der Waals surface area contributed by atoms with E-state index in [4.69, 9.17) is 9.47 Å². The van der Waals surface area contributed by atoms with E-state index in [9.17, 15) is 13.2 Å². The zero-order chi connectivity index (χ0) is 21.7. The molecule has 0 aliphatic heterocycles. The number of aromatic nitrogens is 2. The topological polar surface area (TPSA) is 47.5 Å². The van der Waals surface area contributed by atoms with Gasteiger partial charge in [0.15, 0.2) is 5.82 Å². The summed E-state index contributed by atoms with van der Waals surface area (Å²) < 4.78 is 52.6. The van der Waals surface area contributed by atoms with Gasteiger partial charge in [-0.3, -0.25) is 0 Å². The lowest BCUT2D eigenvalue weighted by molar-refractivity contribution is -0.137. The summed E-state index contributed by atoms with van der Waals surface area (Å²) in [7, 11) is 1.55. The molecule has 0 unspecified atom stereocenters. The Labute approximate surface area is 175 Å². The van der Waals surface area contributed by atoms with Crippen molar-refractivity contribution < 1.29 is 22.6 Å². The lowest BCUT2D eigenvalue weighted by atomic mass is 9.98. The first kappa shape index (κ1) is 22.2.